The van der Waals surface area contributed by atoms with E-state index in [0.29, 0.717) is 17.6 Å². The van der Waals surface area contributed by atoms with E-state index in [1.807, 2.05) is 39.0 Å². The van der Waals surface area contributed by atoms with Crippen molar-refractivity contribution in [3.8, 4) is 0 Å². The van der Waals surface area contributed by atoms with Crippen LogP contribution in [0.4, 0.5) is 5.69 Å². The zero-order chi connectivity index (χ0) is 19.9. The number of quaternary nitrogens is 1. The summed E-state index contributed by atoms with van der Waals surface area (Å²) >= 11 is 0. The number of hydrogen-bond acceptors (Lipinski definition) is 3. The summed E-state index contributed by atoms with van der Waals surface area (Å²) in [6.07, 6.45) is 5.12. The first-order chi connectivity index (χ1) is 12.9. The summed E-state index contributed by atoms with van der Waals surface area (Å²) in [7, 11) is 0. The van der Waals surface area contributed by atoms with Gasteiger partial charge < -0.3 is 22.5 Å². The van der Waals surface area contributed by atoms with Crippen molar-refractivity contribution >= 4 is 17.6 Å². The Hall–Kier alpha value is -1.59. The number of anilines is 1. The highest BCUT2D eigenvalue weighted by atomic mass is 35.5. The molecule has 6 heteroatoms. The Bertz CT molecular complexity index is 641. The first kappa shape index (κ1) is 24.4. The van der Waals surface area contributed by atoms with Gasteiger partial charge in [0.15, 0.2) is 6.04 Å². The van der Waals surface area contributed by atoms with E-state index in [2.05, 4.69) is 12.2 Å². The van der Waals surface area contributed by atoms with Gasteiger partial charge in [-0.15, -0.1) is 0 Å². The van der Waals surface area contributed by atoms with Gasteiger partial charge in [-0.3, -0.25) is 14.1 Å². The van der Waals surface area contributed by atoms with Gasteiger partial charge in [-0.25, -0.2) is 0 Å². The van der Waals surface area contributed by atoms with Crippen LogP contribution in [0.1, 0.15) is 63.5 Å². The topological polar surface area (TPSA) is 55.4 Å². The molecule has 158 valence electrons. The highest BCUT2D eigenvalue weighted by Gasteiger charge is 2.44. The minimum absolute atomic E-state index is 0. The van der Waals surface area contributed by atoms with E-state index in [1.54, 1.807) is 0 Å². The van der Waals surface area contributed by atoms with Gasteiger partial charge in [0.25, 0.3) is 5.91 Å². The molecule has 2 atom stereocenters. The number of halogens is 1. The molecule has 0 aromatic heterocycles. The van der Waals surface area contributed by atoms with E-state index in [9.17, 15) is 9.59 Å². The van der Waals surface area contributed by atoms with Crippen molar-refractivity contribution in [3.05, 3.63) is 29.3 Å². The maximum atomic E-state index is 13.3. The number of para-hydroxylation sites is 1. The van der Waals surface area contributed by atoms with Crippen molar-refractivity contribution in [2.24, 2.45) is 0 Å². The van der Waals surface area contributed by atoms with Crippen LogP contribution in [0.15, 0.2) is 18.2 Å². The van der Waals surface area contributed by atoms with Gasteiger partial charge in [0.2, 0.25) is 6.73 Å². The number of likely N-dealkylation sites (tertiary alicyclic amines) is 1. The van der Waals surface area contributed by atoms with Crippen molar-refractivity contribution < 1.29 is 31.2 Å². The maximum Gasteiger partial charge on any atom is 0.310 e. The lowest BCUT2D eigenvalue weighted by Crippen LogP contribution is -3.00. The lowest BCUT2D eigenvalue weighted by molar-refractivity contribution is -0.961. The third kappa shape index (κ3) is 5.95. The first-order valence-corrected chi connectivity index (χ1v) is 10.3. The number of ether oxygens (including phenoxy) is 1. The second-order valence-corrected chi connectivity index (χ2v) is 7.83. The Balaban J connectivity index is 0.00000392. The number of carbonyl (C=O) groups is 2. The van der Waals surface area contributed by atoms with E-state index >= 15 is 0 Å². The number of nitrogens with one attached hydrogen (secondary N) is 1. The number of rotatable bonds is 8. The van der Waals surface area contributed by atoms with E-state index < -0.39 is 0 Å². The molecule has 1 aliphatic heterocycles. The highest BCUT2D eigenvalue weighted by Crippen LogP contribution is 2.29. The van der Waals surface area contributed by atoms with Gasteiger partial charge in [-0.2, -0.15) is 0 Å². The second kappa shape index (κ2) is 11.4. The average Bonchev–Trinajstić information content (AvgIpc) is 2.64. The minimum atomic E-state index is -0.174. The molecular weight excluding hydrogens is 376 g/mol. The molecule has 5 nitrogen and oxygen atoms in total. The fraction of sp³-hybridized carbons (Fsp3) is 0.636. The van der Waals surface area contributed by atoms with E-state index in [-0.39, 0.29) is 30.3 Å². The fourth-order valence-electron chi connectivity index (χ4n) is 4.20. The number of esters is 1. The summed E-state index contributed by atoms with van der Waals surface area (Å²) in [4.78, 5) is 25.2. The number of hydrogen-bond donors (Lipinski definition) is 1. The third-order valence-corrected chi connectivity index (χ3v) is 5.63. The maximum absolute atomic E-state index is 13.3. The number of amides is 1. The summed E-state index contributed by atoms with van der Waals surface area (Å²) in [6.45, 7) is 10.2. The molecule has 1 N–H and O–H groups in total. The largest absolute Gasteiger partial charge is 1.00 e. The van der Waals surface area contributed by atoms with Gasteiger partial charge in [0.05, 0.1) is 13.1 Å². The summed E-state index contributed by atoms with van der Waals surface area (Å²) in [6, 6.07) is 5.87. The molecule has 2 rings (SSSR count). The molecule has 0 spiro atoms. The molecule has 0 radical (unpaired) electrons. The molecule has 1 heterocycles. The molecule has 1 aliphatic rings. The number of benzene rings is 1. The standard InChI is InChI=1S/C22H34N2O3.ClH/c1-5-10-20(25)27-16-24(14-6-2)15-8-7-13-19(24)22(26)23-21-17(3)11-9-12-18(21)4;/h9,11-12,19H,5-8,10,13-16H2,1-4H3;1H. The van der Waals surface area contributed by atoms with Crippen LogP contribution in [-0.4, -0.2) is 42.2 Å². The van der Waals surface area contributed by atoms with E-state index in [0.717, 1.165) is 62.0 Å². The molecule has 1 aromatic rings. The Kier molecular flexibility index (Phi) is 9.97. The molecule has 0 saturated carbocycles. The van der Waals surface area contributed by atoms with Crippen LogP contribution in [0.5, 0.6) is 0 Å². The number of carbonyl (C=O) groups excluding carboxylic acids is 2. The molecule has 0 aliphatic carbocycles. The highest BCUT2D eigenvalue weighted by molar-refractivity contribution is 5.95. The number of piperidine rings is 1. The lowest BCUT2D eigenvalue weighted by Gasteiger charge is -2.45. The van der Waals surface area contributed by atoms with Crippen LogP contribution in [0.2, 0.25) is 0 Å². The predicted molar refractivity (Wildman–Crippen MR) is 108 cm³/mol. The van der Waals surface area contributed by atoms with E-state index in [1.165, 1.54) is 0 Å². The second-order valence-electron chi connectivity index (χ2n) is 7.83. The smallest absolute Gasteiger partial charge is 0.310 e. The van der Waals surface area contributed by atoms with Crippen LogP contribution in [0.3, 0.4) is 0 Å². The van der Waals surface area contributed by atoms with Gasteiger partial charge >= 0.3 is 5.97 Å². The van der Waals surface area contributed by atoms with E-state index in [4.69, 9.17) is 4.74 Å². The average molecular weight is 411 g/mol. The zero-order valence-corrected chi connectivity index (χ0v) is 18.5. The molecule has 0 bridgehead atoms. The molecule has 1 aromatic carbocycles. The summed E-state index contributed by atoms with van der Waals surface area (Å²) in [5.74, 6) is -0.113. The Labute approximate surface area is 175 Å². The quantitative estimate of drug-likeness (QED) is 0.519. The SMILES string of the molecule is CCCC(=O)OC[N+]1(CCC)CCCCC1C(=O)Nc1c(C)cccc1C.[Cl-]. The number of aryl methyl sites for hydroxylation is 2. The van der Waals surface area contributed by atoms with Crippen molar-refractivity contribution in [2.45, 2.75) is 72.3 Å². The summed E-state index contributed by atoms with van der Waals surface area (Å²) in [5, 5.41) is 3.18. The van der Waals surface area contributed by atoms with Crippen molar-refractivity contribution in [1.82, 2.24) is 0 Å². The van der Waals surface area contributed by atoms with Gasteiger partial charge in [0, 0.05) is 18.5 Å². The Morgan fingerprint density at radius 3 is 2.43 bits per heavy atom. The first-order valence-electron chi connectivity index (χ1n) is 10.3. The Morgan fingerprint density at radius 1 is 1.14 bits per heavy atom. The van der Waals surface area contributed by atoms with Crippen LogP contribution in [-0.2, 0) is 14.3 Å². The van der Waals surface area contributed by atoms with Gasteiger partial charge in [0.1, 0.15) is 0 Å². The molecule has 1 fully saturated rings. The molecular formula is C22H35ClN2O3. The van der Waals surface area contributed by atoms with Crippen LogP contribution in [0.25, 0.3) is 0 Å². The number of nitrogens with zero attached hydrogens (tertiary/aromatic N) is 1. The third-order valence-electron chi connectivity index (χ3n) is 5.63. The van der Waals surface area contributed by atoms with Crippen molar-refractivity contribution in [3.63, 3.8) is 0 Å². The molecule has 1 amide bonds. The lowest BCUT2D eigenvalue weighted by atomic mass is 9.97. The summed E-state index contributed by atoms with van der Waals surface area (Å²) in [5.41, 5.74) is 3.05. The normalized spacial score (nSPS) is 21.5. The van der Waals surface area contributed by atoms with Crippen molar-refractivity contribution in [2.75, 3.05) is 25.1 Å². The van der Waals surface area contributed by atoms with Crippen LogP contribution in [0, 0.1) is 13.8 Å². The Morgan fingerprint density at radius 2 is 1.82 bits per heavy atom. The molecule has 2 unspecified atom stereocenters. The predicted octanol–water partition coefficient (Wildman–Crippen LogP) is 1.33. The van der Waals surface area contributed by atoms with Gasteiger partial charge in [-0.1, -0.05) is 32.0 Å². The fourth-order valence-corrected chi connectivity index (χ4v) is 4.20. The van der Waals surface area contributed by atoms with Gasteiger partial charge in [-0.05, 0) is 50.7 Å². The monoisotopic (exact) mass is 410 g/mol. The van der Waals surface area contributed by atoms with Crippen molar-refractivity contribution in [1.29, 1.82) is 0 Å². The summed E-state index contributed by atoms with van der Waals surface area (Å²) < 4.78 is 6.17. The van der Waals surface area contributed by atoms with Crippen LogP contribution >= 0.6 is 0 Å². The molecule has 28 heavy (non-hydrogen) atoms. The zero-order valence-electron chi connectivity index (χ0n) is 17.7. The minimum Gasteiger partial charge on any atom is -1.00 e. The van der Waals surface area contributed by atoms with Crippen LogP contribution < -0.4 is 17.7 Å². The molecule has 1 saturated heterocycles.